The van der Waals surface area contributed by atoms with Crippen LogP contribution in [-0.4, -0.2) is 77.1 Å². The van der Waals surface area contributed by atoms with E-state index in [0.29, 0.717) is 12.0 Å². The molecular weight excluding hydrogens is 324 g/mol. The number of benzene rings is 1. The first-order valence-electron chi connectivity index (χ1n) is 6.56. The van der Waals surface area contributed by atoms with E-state index in [-0.39, 0.29) is 62.8 Å². The van der Waals surface area contributed by atoms with Crippen molar-refractivity contribution >= 4 is 51.4 Å². The number of aliphatic hydroxyl groups is 1. The van der Waals surface area contributed by atoms with E-state index in [0.717, 1.165) is 25.0 Å². The molecule has 1 aromatic carbocycles. The number of H-pyrrole nitrogens is 1. The second-order valence-electron chi connectivity index (χ2n) is 4.69. The first kappa shape index (κ1) is 19.7. The second kappa shape index (κ2) is 8.51. The average Bonchev–Trinajstić information content (AvgIpc) is 2.97. The quantitative estimate of drug-likeness (QED) is 0.822. The molecule has 2 aromatic rings. The number of aromatic amines is 1. The number of tetrazole rings is 1. The summed E-state index contributed by atoms with van der Waals surface area (Å²) in [6.07, 6.45) is -3.21. The van der Waals surface area contributed by atoms with E-state index in [1.807, 2.05) is 6.92 Å². The van der Waals surface area contributed by atoms with Crippen LogP contribution in [0.1, 0.15) is 43.4 Å². The molecule has 0 spiro atoms. The molecule has 2 N–H and O–H groups in total. The predicted molar refractivity (Wildman–Crippen MR) is 74.9 cm³/mol. The van der Waals surface area contributed by atoms with Crippen LogP contribution in [0.4, 0.5) is 13.2 Å². The Bertz CT molecular complexity index is 589. The van der Waals surface area contributed by atoms with Gasteiger partial charge in [0.1, 0.15) is 0 Å². The van der Waals surface area contributed by atoms with Crippen molar-refractivity contribution in [2.24, 2.45) is 0 Å². The van der Waals surface area contributed by atoms with Crippen LogP contribution in [0.3, 0.4) is 0 Å². The van der Waals surface area contributed by atoms with E-state index >= 15 is 0 Å². The summed E-state index contributed by atoms with van der Waals surface area (Å²) < 4.78 is 38.5. The van der Waals surface area contributed by atoms with Crippen molar-refractivity contribution < 1.29 is 18.3 Å². The Morgan fingerprint density at radius 2 is 2.05 bits per heavy atom. The normalized spacial score (nSPS) is 12.8. The maximum absolute atomic E-state index is 12.8. The Morgan fingerprint density at radius 1 is 1.32 bits per heavy atom. The smallest absolute Gasteiger partial charge is 0.388 e. The van der Waals surface area contributed by atoms with Gasteiger partial charge >= 0.3 is 6.18 Å². The van der Waals surface area contributed by atoms with Gasteiger partial charge in [-0.25, -0.2) is 0 Å². The second-order valence-corrected chi connectivity index (χ2v) is 4.69. The van der Waals surface area contributed by atoms with Crippen LogP contribution in [0.25, 0.3) is 11.4 Å². The molecule has 1 unspecified atom stereocenters. The molecule has 0 aliphatic carbocycles. The molecule has 115 valence electrons. The summed E-state index contributed by atoms with van der Waals surface area (Å²) in [6.45, 7) is 1.97. The largest absolute Gasteiger partial charge is 0.416 e. The van der Waals surface area contributed by atoms with Crippen molar-refractivity contribution in [1.29, 1.82) is 0 Å². The molecule has 1 atom stereocenters. The Labute approximate surface area is 168 Å². The minimum absolute atomic E-state index is 0. The molecule has 0 saturated carbocycles. The van der Waals surface area contributed by atoms with E-state index in [9.17, 15) is 18.3 Å². The number of halogens is 3. The maximum Gasteiger partial charge on any atom is 0.416 e. The summed E-state index contributed by atoms with van der Waals surface area (Å²) in [4.78, 5) is 0. The molecule has 0 bridgehead atoms. The van der Waals surface area contributed by atoms with Gasteiger partial charge in [0, 0.05) is 56.9 Å². The molecule has 0 fully saturated rings. The fourth-order valence-electron chi connectivity index (χ4n) is 2.05. The fourth-order valence-corrected chi connectivity index (χ4v) is 2.05. The van der Waals surface area contributed by atoms with Gasteiger partial charge < -0.3 is 5.11 Å². The Balaban J connectivity index is 0.00000242. The summed E-state index contributed by atoms with van der Waals surface area (Å²) >= 11 is 0. The standard InChI is InChI=1S/C13H15F3N4O.K/c1-2-3-4-11(21)9-6-5-8(13(14,15)16)7-10(9)12-17-19-20-18-12;/h5-7,11,21H,2-4H2,1H3,(H,17,18,19,20);. The molecular formula is C13H15F3KN4O. The summed E-state index contributed by atoms with van der Waals surface area (Å²) in [5, 5.41) is 23.1. The zero-order valence-corrected chi connectivity index (χ0v) is 15.5. The first-order valence-corrected chi connectivity index (χ1v) is 6.56. The summed E-state index contributed by atoms with van der Waals surface area (Å²) in [6, 6.07) is 3.16. The molecule has 5 nitrogen and oxygen atoms in total. The van der Waals surface area contributed by atoms with Gasteiger partial charge in [-0.3, -0.25) is 0 Å². The molecule has 9 heteroatoms. The van der Waals surface area contributed by atoms with Crippen LogP contribution in [0.2, 0.25) is 0 Å². The van der Waals surface area contributed by atoms with Crippen LogP contribution < -0.4 is 0 Å². The Morgan fingerprint density at radius 3 is 2.59 bits per heavy atom. The van der Waals surface area contributed by atoms with Crippen molar-refractivity contribution in [3.8, 4) is 11.4 Å². The molecule has 0 aliphatic rings. The van der Waals surface area contributed by atoms with Gasteiger partial charge in [0.2, 0.25) is 5.82 Å². The Kier molecular flexibility index (Phi) is 7.63. The van der Waals surface area contributed by atoms with Crippen molar-refractivity contribution in [1.82, 2.24) is 20.6 Å². The number of alkyl halides is 3. The van der Waals surface area contributed by atoms with Gasteiger partial charge in [0.15, 0.2) is 0 Å². The third-order valence-electron chi connectivity index (χ3n) is 3.16. The summed E-state index contributed by atoms with van der Waals surface area (Å²) in [7, 11) is 0. The van der Waals surface area contributed by atoms with Crippen molar-refractivity contribution in [3.63, 3.8) is 0 Å². The zero-order valence-electron chi connectivity index (χ0n) is 12.4. The zero-order chi connectivity index (χ0) is 15.5. The molecule has 2 rings (SSSR count). The first-order chi connectivity index (χ1) is 9.93. The van der Waals surface area contributed by atoms with Crippen LogP contribution >= 0.6 is 0 Å². The molecule has 0 saturated heterocycles. The van der Waals surface area contributed by atoms with E-state index < -0.39 is 17.8 Å². The van der Waals surface area contributed by atoms with E-state index in [1.54, 1.807) is 0 Å². The monoisotopic (exact) mass is 339 g/mol. The van der Waals surface area contributed by atoms with E-state index in [1.165, 1.54) is 6.07 Å². The van der Waals surface area contributed by atoms with E-state index in [2.05, 4.69) is 20.6 Å². The summed E-state index contributed by atoms with van der Waals surface area (Å²) in [5.41, 5.74) is -0.297. The van der Waals surface area contributed by atoms with Gasteiger partial charge in [-0.2, -0.15) is 18.4 Å². The number of aliphatic hydroxyl groups excluding tert-OH is 1. The average molecular weight is 339 g/mol. The maximum atomic E-state index is 12.8. The van der Waals surface area contributed by atoms with Crippen molar-refractivity contribution in [3.05, 3.63) is 29.3 Å². The molecule has 22 heavy (non-hydrogen) atoms. The fraction of sp³-hybridized carbons (Fsp3) is 0.462. The number of rotatable bonds is 5. The van der Waals surface area contributed by atoms with Gasteiger partial charge in [-0.15, -0.1) is 10.2 Å². The molecule has 0 amide bonds. The number of nitrogens with one attached hydrogen (secondary N) is 1. The van der Waals surface area contributed by atoms with Gasteiger partial charge in [-0.1, -0.05) is 25.8 Å². The van der Waals surface area contributed by atoms with Gasteiger partial charge in [-0.05, 0) is 29.3 Å². The molecule has 0 aliphatic heterocycles. The number of aromatic nitrogens is 4. The SMILES string of the molecule is CCCCC(O)c1ccc(C(F)(F)F)cc1-c1nn[nH]n1.[K]. The predicted octanol–water partition coefficient (Wildman–Crippen LogP) is 2.73. The van der Waals surface area contributed by atoms with Crippen LogP contribution in [0.15, 0.2) is 18.2 Å². The number of unbranched alkanes of at least 4 members (excludes halogenated alkanes) is 1. The van der Waals surface area contributed by atoms with Crippen LogP contribution in [0, 0.1) is 0 Å². The van der Waals surface area contributed by atoms with Gasteiger partial charge in [0.05, 0.1) is 11.7 Å². The topological polar surface area (TPSA) is 74.7 Å². The minimum atomic E-state index is -4.47. The minimum Gasteiger partial charge on any atom is -0.388 e. The van der Waals surface area contributed by atoms with E-state index in [4.69, 9.17) is 0 Å². The molecule has 1 heterocycles. The van der Waals surface area contributed by atoms with Crippen molar-refractivity contribution in [2.45, 2.75) is 38.5 Å². The number of nitrogens with zero attached hydrogens (tertiary/aromatic N) is 3. The van der Waals surface area contributed by atoms with Crippen molar-refractivity contribution in [2.75, 3.05) is 0 Å². The number of hydrogen-bond acceptors (Lipinski definition) is 4. The summed E-state index contributed by atoms with van der Waals surface area (Å²) in [5.74, 6) is 0.0339. The number of hydrogen-bond donors (Lipinski definition) is 2. The van der Waals surface area contributed by atoms with Crippen LogP contribution in [-0.2, 0) is 6.18 Å². The molecule has 1 aromatic heterocycles. The third kappa shape index (κ3) is 4.83. The Hall–Kier alpha value is -0.324. The van der Waals surface area contributed by atoms with Gasteiger partial charge in [0.25, 0.3) is 0 Å². The molecule has 1 radical (unpaired) electrons. The third-order valence-corrected chi connectivity index (χ3v) is 3.16. The van der Waals surface area contributed by atoms with Crippen LogP contribution in [0.5, 0.6) is 0 Å².